The lowest BCUT2D eigenvalue weighted by Crippen LogP contribution is -2.50. The number of nitrogens with zero attached hydrogens (tertiary/aromatic N) is 4. The SMILES string of the molecule is O=C(C1CCS(=O)(=O)C1)N1CCN(c2ccc3ncnc(OCC(F)F)c3c2)CC1. The van der Waals surface area contributed by atoms with Gasteiger partial charge in [0.2, 0.25) is 11.8 Å². The first kappa shape index (κ1) is 20.7. The van der Waals surface area contributed by atoms with Gasteiger partial charge < -0.3 is 14.5 Å². The first-order chi connectivity index (χ1) is 14.3. The maximum absolute atomic E-state index is 12.6. The van der Waals surface area contributed by atoms with Crippen LogP contribution in [0.5, 0.6) is 5.88 Å². The average molecular weight is 440 g/mol. The monoisotopic (exact) mass is 440 g/mol. The molecule has 30 heavy (non-hydrogen) atoms. The van der Waals surface area contributed by atoms with Gasteiger partial charge in [-0.3, -0.25) is 4.79 Å². The molecule has 2 aliphatic rings. The lowest BCUT2D eigenvalue weighted by atomic mass is 10.1. The van der Waals surface area contributed by atoms with E-state index in [4.69, 9.17) is 4.74 Å². The minimum atomic E-state index is -3.10. The third kappa shape index (κ3) is 4.45. The number of carbonyl (C=O) groups excluding carboxylic acids is 1. The number of aromatic nitrogens is 2. The topological polar surface area (TPSA) is 92.7 Å². The van der Waals surface area contributed by atoms with E-state index in [1.165, 1.54) is 6.33 Å². The summed E-state index contributed by atoms with van der Waals surface area (Å²) in [7, 11) is -3.10. The Kier molecular flexibility index (Phi) is 5.72. The van der Waals surface area contributed by atoms with E-state index in [-0.39, 0.29) is 23.3 Å². The minimum absolute atomic E-state index is 0.0574. The van der Waals surface area contributed by atoms with Gasteiger partial charge in [0.05, 0.1) is 28.3 Å². The number of sulfone groups is 1. The fraction of sp³-hybridized carbons (Fsp3) is 0.526. The number of ether oxygens (including phenoxy) is 1. The highest BCUT2D eigenvalue weighted by atomic mass is 32.2. The molecule has 0 aliphatic carbocycles. The third-order valence-corrected chi connectivity index (χ3v) is 7.23. The summed E-state index contributed by atoms with van der Waals surface area (Å²) < 4.78 is 53.4. The van der Waals surface area contributed by atoms with Crippen LogP contribution in [-0.2, 0) is 14.6 Å². The summed E-state index contributed by atoms with van der Waals surface area (Å²) >= 11 is 0. The molecule has 1 aromatic carbocycles. The van der Waals surface area contributed by atoms with Gasteiger partial charge in [-0.25, -0.2) is 27.2 Å². The van der Waals surface area contributed by atoms with E-state index in [0.29, 0.717) is 43.5 Å². The molecule has 2 aliphatic heterocycles. The van der Waals surface area contributed by atoms with E-state index in [2.05, 4.69) is 14.9 Å². The fourth-order valence-electron chi connectivity index (χ4n) is 3.91. The van der Waals surface area contributed by atoms with Crippen LogP contribution in [0, 0.1) is 5.92 Å². The van der Waals surface area contributed by atoms with Crippen LogP contribution in [0.1, 0.15) is 6.42 Å². The molecule has 0 N–H and O–H groups in total. The first-order valence-corrected chi connectivity index (χ1v) is 11.5. The smallest absolute Gasteiger partial charge is 0.272 e. The van der Waals surface area contributed by atoms with E-state index in [9.17, 15) is 22.0 Å². The summed E-state index contributed by atoms with van der Waals surface area (Å²) in [6, 6.07) is 5.47. The highest BCUT2D eigenvalue weighted by Gasteiger charge is 2.36. The first-order valence-electron chi connectivity index (χ1n) is 9.72. The second-order valence-electron chi connectivity index (χ2n) is 7.49. The number of fused-ring (bicyclic) bond motifs is 1. The molecule has 2 aromatic rings. The maximum Gasteiger partial charge on any atom is 0.272 e. The highest BCUT2D eigenvalue weighted by molar-refractivity contribution is 7.91. The number of halogens is 2. The van der Waals surface area contributed by atoms with Gasteiger partial charge in [0.25, 0.3) is 6.43 Å². The van der Waals surface area contributed by atoms with Crippen LogP contribution in [0.15, 0.2) is 24.5 Å². The Morgan fingerprint density at radius 3 is 2.63 bits per heavy atom. The Hall–Kier alpha value is -2.56. The molecule has 162 valence electrons. The summed E-state index contributed by atoms with van der Waals surface area (Å²) in [4.78, 5) is 24.5. The van der Waals surface area contributed by atoms with Crippen LogP contribution in [0.3, 0.4) is 0 Å². The van der Waals surface area contributed by atoms with Gasteiger partial charge in [0.15, 0.2) is 16.4 Å². The summed E-state index contributed by atoms with van der Waals surface area (Å²) in [5, 5.41) is 0.547. The number of anilines is 1. The number of hydrogen-bond acceptors (Lipinski definition) is 7. The van der Waals surface area contributed by atoms with E-state index >= 15 is 0 Å². The van der Waals surface area contributed by atoms with Crippen molar-refractivity contribution >= 4 is 32.3 Å². The Labute approximate surface area is 172 Å². The van der Waals surface area contributed by atoms with Crippen LogP contribution in [0.4, 0.5) is 14.5 Å². The lowest BCUT2D eigenvalue weighted by molar-refractivity contribution is -0.135. The van der Waals surface area contributed by atoms with Crippen LogP contribution in [0.2, 0.25) is 0 Å². The summed E-state index contributed by atoms with van der Waals surface area (Å²) in [6.07, 6.45) is -0.928. The molecule has 0 spiro atoms. The number of piperazine rings is 1. The van der Waals surface area contributed by atoms with Gasteiger partial charge in [0.1, 0.15) is 6.33 Å². The maximum atomic E-state index is 12.6. The average Bonchev–Trinajstić information content (AvgIpc) is 3.11. The molecule has 3 heterocycles. The van der Waals surface area contributed by atoms with E-state index in [1.807, 2.05) is 6.07 Å². The van der Waals surface area contributed by atoms with Gasteiger partial charge >= 0.3 is 0 Å². The summed E-state index contributed by atoms with van der Waals surface area (Å²) in [5.74, 6) is -0.394. The van der Waals surface area contributed by atoms with Gasteiger partial charge in [0, 0.05) is 31.9 Å². The second kappa shape index (κ2) is 8.29. The molecule has 2 fully saturated rings. The van der Waals surface area contributed by atoms with Crippen LogP contribution in [0.25, 0.3) is 10.9 Å². The number of rotatable bonds is 5. The number of carbonyl (C=O) groups is 1. The quantitative estimate of drug-likeness (QED) is 0.693. The Morgan fingerprint density at radius 2 is 1.97 bits per heavy atom. The van der Waals surface area contributed by atoms with Crippen molar-refractivity contribution < 1.29 is 26.7 Å². The Balaban J connectivity index is 1.44. The summed E-state index contributed by atoms with van der Waals surface area (Å²) in [6.45, 7) is 1.41. The molecule has 1 unspecified atom stereocenters. The third-order valence-electron chi connectivity index (χ3n) is 5.47. The molecule has 0 bridgehead atoms. The molecule has 8 nitrogen and oxygen atoms in total. The largest absolute Gasteiger partial charge is 0.471 e. The van der Waals surface area contributed by atoms with Gasteiger partial charge in [-0.1, -0.05) is 0 Å². The molecule has 0 radical (unpaired) electrons. The molecule has 4 rings (SSSR count). The number of amides is 1. The predicted octanol–water partition coefficient (Wildman–Crippen LogP) is 1.36. The minimum Gasteiger partial charge on any atom is -0.471 e. The molecular formula is C19H22F2N4O4S. The standard InChI is InChI=1S/C19H22F2N4O4S/c20-17(21)10-29-18-15-9-14(1-2-16(15)22-12-23-18)24-4-6-25(7-5-24)19(26)13-3-8-30(27,28)11-13/h1-2,9,12-13,17H,3-8,10-11H2. The zero-order chi connectivity index (χ0) is 21.3. The molecule has 1 amide bonds. The van der Waals surface area contributed by atoms with E-state index in [1.54, 1.807) is 17.0 Å². The highest BCUT2D eigenvalue weighted by Crippen LogP contribution is 2.28. The fourth-order valence-corrected chi connectivity index (χ4v) is 5.64. The van der Waals surface area contributed by atoms with Crippen LogP contribution in [-0.4, -0.2) is 79.9 Å². The number of alkyl halides is 2. The molecular weight excluding hydrogens is 418 g/mol. The predicted molar refractivity (Wildman–Crippen MR) is 107 cm³/mol. The molecule has 2 saturated heterocycles. The lowest BCUT2D eigenvalue weighted by Gasteiger charge is -2.37. The van der Waals surface area contributed by atoms with Crippen molar-refractivity contribution in [1.29, 1.82) is 0 Å². The summed E-state index contributed by atoms with van der Waals surface area (Å²) in [5.41, 5.74) is 1.45. The number of benzene rings is 1. The molecule has 1 atom stereocenters. The zero-order valence-corrected chi connectivity index (χ0v) is 17.0. The van der Waals surface area contributed by atoms with Crippen molar-refractivity contribution in [2.45, 2.75) is 12.8 Å². The second-order valence-corrected chi connectivity index (χ2v) is 9.72. The van der Waals surface area contributed by atoms with Crippen molar-refractivity contribution in [3.63, 3.8) is 0 Å². The normalized spacial score (nSPS) is 21.4. The Morgan fingerprint density at radius 1 is 1.20 bits per heavy atom. The van der Waals surface area contributed by atoms with Crippen molar-refractivity contribution in [3.8, 4) is 5.88 Å². The molecule has 0 saturated carbocycles. The van der Waals surface area contributed by atoms with Crippen molar-refractivity contribution in [2.75, 3.05) is 49.2 Å². The van der Waals surface area contributed by atoms with Gasteiger partial charge in [-0.2, -0.15) is 0 Å². The Bertz CT molecular complexity index is 1040. The van der Waals surface area contributed by atoms with Crippen LogP contribution < -0.4 is 9.64 Å². The van der Waals surface area contributed by atoms with Gasteiger partial charge in [-0.15, -0.1) is 0 Å². The van der Waals surface area contributed by atoms with E-state index < -0.39 is 28.8 Å². The van der Waals surface area contributed by atoms with Crippen molar-refractivity contribution in [2.24, 2.45) is 5.92 Å². The van der Waals surface area contributed by atoms with E-state index in [0.717, 1.165) is 5.69 Å². The molecule has 11 heteroatoms. The zero-order valence-electron chi connectivity index (χ0n) is 16.2. The van der Waals surface area contributed by atoms with Gasteiger partial charge in [-0.05, 0) is 24.6 Å². The molecule has 1 aromatic heterocycles. The van der Waals surface area contributed by atoms with Crippen molar-refractivity contribution in [1.82, 2.24) is 14.9 Å². The van der Waals surface area contributed by atoms with Crippen molar-refractivity contribution in [3.05, 3.63) is 24.5 Å². The van der Waals surface area contributed by atoms with Crippen LogP contribution >= 0.6 is 0 Å². The number of hydrogen-bond donors (Lipinski definition) is 0.